The molecule has 0 saturated carbocycles. The number of amides is 1. The second-order valence-corrected chi connectivity index (χ2v) is 4.20. The molecule has 0 aliphatic rings. The summed E-state index contributed by atoms with van der Waals surface area (Å²) >= 11 is 0. The molecule has 0 aromatic heterocycles. The highest BCUT2D eigenvalue weighted by Crippen LogP contribution is 1.98. The number of nitrogens with two attached hydrogens (primary N) is 1. The standard InChI is InChI=1S/C7H14O2.C4H9NO/c1-5(2)7(8)9-6(3)4;1-3(2)4(5)6/h5-6H,1-4H3;3H,1-2H3,(H2,5,6). The third-order valence-corrected chi connectivity index (χ3v) is 1.39. The lowest BCUT2D eigenvalue weighted by Gasteiger charge is -2.08. The average Bonchev–Trinajstić information content (AvgIpc) is 2.03. The third-order valence-electron chi connectivity index (χ3n) is 1.39. The number of hydrogen-bond donors (Lipinski definition) is 1. The monoisotopic (exact) mass is 217 g/mol. The van der Waals surface area contributed by atoms with Gasteiger partial charge in [-0.2, -0.15) is 0 Å². The Morgan fingerprint density at radius 2 is 1.27 bits per heavy atom. The van der Waals surface area contributed by atoms with Crippen LogP contribution in [-0.4, -0.2) is 18.0 Å². The van der Waals surface area contributed by atoms with Crippen LogP contribution < -0.4 is 5.73 Å². The molecule has 0 saturated heterocycles. The Hall–Kier alpha value is -1.06. The van der Waals surface area contributed by atoms with Gasteiger partial charge in [-0.15, -0.1) is 0 Å². The zero-order valence-corrected chi connectivity index (χ0v) is 10.5. The van der Waals surface area contributed by atoms with E-state index in [0.29, 0.717) is 0 Å². The topological polar surface area (TPSA) is 69.4 Å². The van der Waals surface area contributed by atoms with Crippen LogP contribution in [0.5, 0.6) is 0 Å². The fraction of sp³-hybridized carbons (Fsp3) is 0.818. The first-order chi connectivity index (χ1) is 6.68. The number of ether oxygens (including phenoxy) is 1. The smallest absolute Gasteiger partial charge is 0.308 e. The normalized spacial score (nSPS) is 9.93. The van der Waals surface area contributed by atoms with E-state index in [1.54, 1.807) is 13.8 Å². The second-order valence-electron chi connectivity index (χ2n) is 4.20. The van der Waals surface area contributed by atoms with Gasteiger partial charge in [0.15, 0.2) is 0 Å². The van der Waals surface area contributed by atoms with Crippen molar-refractivity contribution in [2.24, 2.45) is 17.6 Å². The lowest BCUT2D eigenvalue weighted by Crippen LogP contribution is -2.17. The summed E-state index contributed by atoms with van der Waals surface area (Å²) in [5.74, 6) is -0.377. The number of hydrogen-bond acceptors (Lipinski definition) is 3. The zero-order chi connectivity index (χ0) is 12.6. The van der Waals surface area contributed by atoms with Crippen LogP contribution in [0.3, 0.4) is 0 Å². The highest BCUT2D eigenvalue weighted by Gasteiger charge is 2.08. The van der Waals surface area contributed by atoms with E-state index in [9.17, 15) is 9.59 Å². The Kier molecular flexibility index (Phi) is 9.02. The molecular weight excluding hydrogens is 194 g/mol. The SMILES string of the molecule is CC(C)C(N)=O.CC(C)OC(=O)C(C)C. The number of primary amides is 1. The van der Waals surface area contributed by atoms with Crippen molar-refractivity contribution >= 4 is 11.9 Å². The molecule has 4 heteroatoms. The molecule has 0 aromatic rings. The summed E-state index contributed by atoms with van der Waals surface area (Å²) in [7, 11) is 0. The van der Waals surface area contributed by atoms with E-state index in [1.165, 1.54) is 0 Å². The van der Waals surface area contributed by atoms with Crippen molar-refractivity contribution in [1.82, 2.24) is 0 Å². The molecule has 90 valence electrons. The Balaban J connectivity index is 0. The van der Waals surface area contributed by atoms with Crippen LogP contribution in [0.15, 0.2) is 0 Å². The molecule has 0 atom stereocenters. The van der Waals surface area contributed by atoms with Crippen molar-refractivity contribution in [2.45, 2.75) is 47.6 Å². The van der Waals surface area contributed by atoms with Crippen LogP contribution in [-0.2, 0) is 14.3 Å². The maximum absolute atomic E-state index is 10.7. The van der Waals surface area contributed by atoms with Gasteiger partial charge in [0.05, 0.1) is 12.0 Å². The van der Waals surface area contributed by atoms with Crippen LogP contribution in [0, 0.1) is 11.8 Å². The van der Waals surface area contributed by atoms with Crippen molar-refractivity contribution in [3.63, 3.8) is 0 Å². The molecule has 0 rings (SSSR count). The fourth-order valence-corrected chi connectivity index (χ4v) is 0.368. The average molecular weight is 217 g/mol. The quantitative estimate of drug-likeness (QED) is 0.732. The minimum atomic E-state index is -0.241. The van der Waals surface area contributed by atoms with Crippen LogP contribution in [0.4, 0.5) is 0 Å². The van der Waals surface area contributed by atoms with E-state index in [0.717, 1.165) is 0 Å². The summed E-state index contributed by atoms with van der Waals surface area (Å²) in [5, 5.41) is 0. The molecule has 2 N–H and O–H groups in total. The molecule has 0 fully saturated rings. The highest BCUT2D eigenvalue weighted by molar-refractivity contribution is 5.75. The van der Waals surface area contributed by atoms with E-state index in [-0.39, 0.29) is 29.8 Å². The first-order valence-electron chi connectivity index (χ1n) is 5.18. The molecule has 0 heterocycles. The summed E-state index contributed by atoms with van der Waals surface area (Å²) in [5.41, 5.74) is 4.80. The zero-order valence-electron chi connectivity index (χ0n) is 10.5. The lowest BCUT2D eigenvalue weighted by molar-refractivity contribution is -0.151. The molecule has 15 heavy (non-hydrogen) atoms. The van der Waals surface area contributed by atoms with Gasteiger partial charge in [-0.3, -0.25) is 9.59 Å². The van der Waals surface area contributed by atoms with Gasteiger partial charge in [-0.25, -0.2) is 0 Å². The highest BCUT2D eigenvalue weighted by atomic mass is 16.5. The maximum Gasteiger partial charge on any atom is 0.308 e. The van der Waals surface area contributed by atoms with Crippen molar-refractivity contribution in [3.05, 3.63) is 0 Å². The van der Waals surface area contributed by atoms with Crippen LogP contribution in [0.2, 0.25) is 0 Å². The molecule has 0 spiro atoms. The predicted octanol–water partition coefficient (Wildman–Crippen LogP) is 1.72. The van der Waals surface area contributed by atoms with Crippen molar-refractivity contribution < 1.29 is 14.3 Å². The van der Waals surface area contributed by atoms with Gasteiger partial charge in [0, 0.05) is 5.92 Å². The Morgan fingerprint density at radius 3 is 1.33 bits per heavy atom. The maximum atomic E-state index is 10.7. The Morgan fingerprint density at radius 1 is 0.933 bits per heavy atom. The summed E-state index contributed by atoms with van der Waals surface area (Å²) in [6.45, 7) is 10.9. The van der Waals surface area contributed by atoms with Gasteiger partial charge in [-0.1, -0.05) is 27.7 Å². The molecule has 4 nitrogen and oxygen atoms in total. The van der Waals surface area contributed by atoms with Gasteiger partial charge >= 0.3 is 5.97 Å². The van der Waals surface area contributed by atoms with E-state index in [4.69, 9.17) is 10.5 Å². The first kappa shape index (κ1) is 16.4. The number of rotatable bonds is 3. The van der Waals surface area contributed by atoms with Gasteiger partial charge < -0.3 is 10.5 Å². The fourth-order valence-electron chi connectivity index (χ4n) is 0.368. The van der Waals surface area contributed by atoms with E-state index in [1.807, 2.05) is 27.7 Å². The summed E-state index contributed by atoms with van der Waals surface area (Å²) in [6, 6.07) is 0. The van der Waals surface area contributed by atoms with Gasteiger partial charge in [0.1, 0.15) is 0 Å². The minimum Gasteiger partial charge on any atom is -0.463 e. The molecule has 0 bridgehead atoms. The summed E-state index contributed by atoms with van der Waals surface area (Å²) in [6.07, 6.45) is 0.0138. The second kappa shape index (κ2) is 8.26. The van der Waals surface area contributed by atoms with E-state index in [2.05, 4.69) is 0 Å². The summed E-state index contributed by atoms with van der Waals surface area (Å²) < 4.78 is 4.87. The van der Waals surface area contributed by atoms with Gasteiger partial charge in [-0.05, 0) is 13.8 Å². The third kappa shape index (κ3) is 12.9. The first-order valence-corrected chi connectivity index (χ1v) is 5.18. The Labute approximate surface area is 92.2 Å². The molecule has 1 amide bonds. The molecule has 0 aromatic carbocycles. The minimum absolute atomic E-state index is 0.00704. The van der Waals surface area contributed by atoms with E-state index < -0.39 is 0 Å². The molecular formula is C11H23NO3. The predicted molar refractivity (Wildman–Crippen MR) is 60.1 cm³/mol. The molecule has 0 unspecified atom stereocenters. The van der Waals surface area contributed by atoms with E-state index >= 15 is 0 Å². The van der Waals surface area contributed by atoms with Crippen LogP contribution >= 0.6 is 0 Å². The van der Waals surface area contributed by atoms with Gasteiger partial charge in [0.2, 0.25) is 5.91 Å². The molecule has 0 radical (unpaired) electrons. The molecule has 0 aliphatic carbocycles. The number of carbonyl (C=O) groups excluding carboxylic acids is 2. The van der Waals surface area contributed by atoms with Crippen molar-refractivity contribution in [3.8, 4) is 0 Å². The largest absolute Gasteiger partial charge is 0.463 e. The van der Waals surface area contributed by atoms with Crippen LogP contribution in [0.25, 0.3) is 0 Å². The number of carbonyl (C=O) groups is 2. The number of esters is 1. The van der Waals surface area contributed by atoms with Crippen molar-refractivity contribution in [1.29, 1.82) is 0 Å². The molecule has 0 aliphatic heterocycles. The van der Waals surface area contributed by atoms with Gasteiger partial charge in [0.25, 0.3) is 0 Å². The van der Waals surface area contributed by atoms with Crippen LogP contribution in [0.1, 0.15) is 41.5 Å². The Bertz CT molecular complexity index is 198. The van der Waals surface area contributed by atoms with Crippen molar-refractivity contribution in [2.75, 3.05) is 0 Å². The lowest BCUT2D eigenvalue weighted by atomic mass is 10.2. The summed E-state index contributed by atoms with van der Waals surface area (Å²) in [4.78, 5) is 20.7.